The summed E-state index contributed by atoms with van der Waals surface area (Å²) >= 11 is 0. The minimum atomic E-state index is -0.677. The van der Waals surface area contributed by atoms with Gasteiger partial charge >= 0.3 is 0 Å². The Morgan fingerprint density at radius 2 is 1.68 bits per heavy atom. The zero-order chi connectivity index (χ0) is 27.2. The fraction of sp³-hybridized carbons (Fsp3) is 0.0645. The molecule has 0 aliphatic heterocycles. The average molecular weight is 593 g/mol. The SMILES string of the molecule is Cl.Cl.NCCc1ccc(-c2cnccc2Oc2ccc(NC(=O)c3cccn(-c4ccccc4)c3=O)cc2F)cc1. The van der Waals surface area contributed by atoms with E-state index in [1.165, 1.54) is 22.8 Å². The number of anilines is 1. The first-order valence-corrected chi connectivity index (χ1v) is 12.3. The number of halogens is 3. The monoisotopic (exact) mass is 592 g/mol. The number of benzene rings is 3. The zero-order valence-electron chi connectivity index (χ0n) is 21.7. The van der Waals surface area contributed by atoms with Crippen molar-refractivity contribution in [2.24, 2.45) is 5.73 Å². The van der Waals surface area contributed by atoms with Gasteiger partial charge < -0.3 is 15.8 Å². The van der Waals surface area contributed by atoms with Gasteiger partial charge in [-0.25, -0.2) is 4.39 Å². The second-order valence-electron chi connectivity index (χ2n) is 8.74. The van der Waals surface area contributed by atoms with Crippen LogP contribution in [0.2, 0.25) is 0 Å². The molecule has 41 heavy (non-hydrogen) atoms. The summed E-state index contributed by atoms with van der Waals surface area (Å²) in [6.45, 7) is 0.563. The summed E-state index contributed by atoms with van der Waals surface area (Å²) in [4.78, 5) is 30.0. The molecule has 2 heterocycles. The van der Waals surface area contributed by atoms with Gasteiger partial charge in [-0.1, -0.05) is 42.5 Å². The van der Waals surface area contributed by atoms with E-state index in [-0.39, 0.29) is 41.8 Å². The van der Waals surface area contributed by atoms with Crippen molar-refractivity contribution in [2.75, 3.05) is 11.9 Å². The van der Waals surface area contributed by atoms with Crippen LogP contribution in [0.25, 0.3) is 16.8 Å². The predicted molar refractivity (Wildman–Crippen MR) is 163 cm³/mol. The molecule has 0 aliphatic carbocycles. The number of carbonyl (C=O) groups is 1. The molecule has 0 atom stereocenters. The summed E-state index contributed by atoms with van der Waals surface area (Å²) in [6, 6.07) is 25.6. The Morgan fingerprint density at radius 3 is 2.39 bits per heavy atom. The summed E-state index contributed by atoms with van der Waals surface area (Å²) in [5.41, 5.74) is 8.58. The molecule has 7 nitrogen and oxygen atoms in total. The summed E-state index contributed by atoms with van der Waals surface area (Å²) in [5, 5.41) is 2.60. The van der Waals surface area contributed by atoms with Gasteiger partial charge in [0.2, 0.25) is 0 Å². The lowest BCUT2D eigenvalue weighted by Crippen LogP contribution is -2.27. The van der Waals surface area contributed by atoms with Crippen LogP contribution in [0.4, 0.5) is 10.1 Å². The fourth-order valence-electron chi connectivity index (χ4n) is 4.14. The molecule has 5 aromatic rings. The number of nitrogens with two attached hydrogens (primary N) is 1. The Balaban J connectivity index is 0.00000231. The van der Waals surface area contributed by atoms with Crippen LogP contribution in [0, 0.1) is 5.82 Å². The van der Waals surface area contributed by atoms with Crippen LogP contribution >= 0.6 is 24.8 Å². The molecule has 0 radical (unpaired) electrons. The Bertz CT molecular complexity index is 1680. The van der Waals surface area contributed by atoms with Gasteiger partial charge in [-0.3, -0.25) is 19.1 Å². The van der Waals surface area contributed by atoms with Crippen molar-refractivity contribution in [2.45, 2.75) is 6.42 Å². The van der Waals surface area contributed by atoms with E-state index in [0.717, 1.165) is 23.6 Å². The highest BCUT2D eigenvalue weighted by molar-refractivity contribution is 6.04. The minimum Gasteiger partial charge on any atom is -0.454 e. The molecule has 0 spiro atoms. The van der Waals surface area contributed by atoms with E-state index < -0.39 is 17.3 Å². The van der Waals surface area contributed by atoms with Crippen molar-refractivity contribution in [3.05, 3.63) is 137 Å². The maximum absolute atomic E-state index is 15.1. The molecule has 5 rings (SSSR count). The third-order valence-electron chi connectivity index (χ3n) is 6.11. The summed E-state index contributed by atoms with van der Waals surface area (Å²) in [6.07, 6.45) is 5.58. The van der Waals surface area contributed by atoms with Crippen LogP contribution in [0.5, 0.6) is 11.5 Å². The van der Waals surface area contributed by atoms with Crippen molar-refractivity contribution >= 4 is 36.4 Å². The molecule has 0 saturated carbocycles. The maximum Gasteiger partial charge on any atom is 0.267 e. The number of nitrogens with one attached hydrogen (secondary N) is 1. The average Bonchev–Trinajstić information content (AvgIpc) is 2.96. The van der Waals surface area contributed by atoms with Crippen LogP contribution < -0.4 is 21.3 Å². The van der Waals surface area contributed by atoms with Gasteiger partial charge in [0.05, 0.1) is 0 Å². The summed E-state index contributed by atoms with van der Waals surface area (Å²) in [5.74, 6) is -0.916. The highest BCUT2D eigenvalue weighted by Gasteiger charge is 2.16. The number of ether oxygens (including phenoxy) is 1. The lowest BCUT2D eigenvalue weighted by Gasteiger charge is -2.13. The van der Waals surface area contributed by atoms with Gasteiger partial charge in [0.15, 0.2) is 11.6 Å². The standard InChI is InChI=1S/C31H25FN4O3.2ClH/c32-27-19-23(35-30(37)25-7-4-18-36(31(25)38)24-5-2-1-3-6-24)12-13-29(27)39-28-15-17-34-20-26(28)22-10-8-21(9-11-22)14-16-33;;/h1-13,15,17-20H,14,16,33H2,(H,35,37);2*1H. The van der Waals surface area contributed by atoms with Gasteiger partial charge in [-0.2, -0.15) is 0 Å². The van der Waals surface area contributed by atoms with Crippen LogP contribution in [-0.4, -0.2) is 22.0 Å². The first-order chi connectivity index (χ1) is 19.0. The van der Waals surface area contributed by atoms with Crippen LogP contribution in [0.15, 0.2) is 114 Å². The third kappa shape index (κ3) is 7.18. The smallest absolute Gasteiger partial charge is 0.267 e. The number of pyridine rings is 2. The quantitative estimate of drug-likeness (QED) is 0.216. The molecular weight excluding hydrogens is 566 g/mol. The van der Waals surface area contributed by atoms with Crippen molar-refractivity contribution in [1.29, 1.82) is 0 Å². The topological polar surface area (TPSA) is 99.2 Å². The third-order valence-corrected chi connectivity index (χ3v) is 6.11. The molecule has 0 bridgehead atoms. The Labute approximate surface area is 248 Å². The molecule has 0 saturated heterocycles. The van der Waals surface area contributed by atoms with Crippen molar-refractivity contribution in [1.82, 2.24) is 9.55 Å². The molecule has 10 heteroatoms. The van der Waals surface area contributed by atoms with E-state index in [9.17, 15) is 9.59 Å². The van der Waals surface area contributed by atoms with E-state index >= 15 is 4.39 Å². The van der Waals surface area contributed by atoms with E-state index in [1.54, 1.807) is 55.0 Å². The van der Waals surface area contributed by atoms with Crippen molar-refractivity contribution in [3.63, 3.8) is 0 Å². The Kier molecular flexibility index (Phi) is 10.8. The number of hydrogen-bond donors (Lipinski definition) is 2. The van der Waals surface area contributed by atoms with Gasteiger partial charge in [-0.05, 0) is 66.6 Å². The molecule has 3 aromatic carbocycles. The molecule has 0 unspecified atom stereocenters. The lowest BCUT2D eigenvalue weighted by molar-refractivity contribution is 0.102. The van der Waals surface area contributed by atoms with E-state index in [0.29, 0.717) is 23.5 Å². The molecule has 0 aliphatic rings. The van der Waals surface area contributed by atoms with Crippen molar-refractivity contribution < 1.29 is 13.9 Å². The number of aromatic nitrogens is 2. The number of nitrogens with zero attached hydrogens (tertiary/aromatic N) is 2. The van der Waals surface area contributed by atoms with Gasteiger partial charge in [0.1, 0.15) is 11.3 Å². The molecule has 210 valence electrons. The second kappa shape index (κ2) is 14.2. The molecule has 0 fully saturated rings. The summed E-state index contributed by atoms with van der Waals surface area (Å²) in [7, 11) is 0. The molecular formula is C31H27Cl2FN4O3. The number of hydrogen-bond acceptors (Lipinski definition) is 5. The van der Waals surface area contributed by atoms with E-state index in [2.05, 4.69) is 10.3 Å². The normalized spacial score (nSPS) is 10.2. The number of para-hydroxylation sites is 1. The van der Waals surface area contributed by atoms with Gasteiger partial charge in [0.25, 0.3) is 11.5 Å². The van der Waals surface area contributed by atoms with E-state index in [4.69, 9.17) is 10.5 Å². The van der Waals surface area contributed by atoms with Crippen LogP contribution in [0.1, 0.15) is 15.9 Å². The van der Waals surface area contributed by atoms with Crippen LogP contribution in [-0.2, 0) is 6.42 Å². The van der Waals surface area contributed by atoms with Crippen molar-refractivity contribution in [3.8, 4) is 28.3 Å². The molecule has 3 N–H and O–H groups in total. The molecule has 2 aromatic heterocycles. The fourth-order valence-corrected chi connectivity index (χ4v) is 4.14. The van der Waals surface area contributed by atoms with E-state index in [1.807, 2.05) is 30.3 Å². The predicted octanol–water partition coefficient (Wildman–Crippen LogP) is 6.43. The van der Waals surface area contributed by atoms with Gasteiger partial charge in [-0.15, -0.1) is 24.8 Å². The Morgan fingerprint density at radius 1 is 0.927 bits per heavy atom. The second-order valence-corrected chi connectivity index (χ2v) is 8.74. The number of carbonyl (C=O) groups excluding carboxylic acids is 1. The lowest BCUT2D eigenvalue weighted by atomic mass is 10.0. The highest BCUT2D eigenvalue weighted by Crippen LogP contribution is 2.34. The van der Waals surface area contributed by atoms with Gasteiger partial charge in [0, 0.05) is 41.6 Å². The first kappa shape index (κ1) is 31.0. The molecule has 1 amide bonds. The largest absolute Gasteiger partial charge is 0.454 e. The van der Waals surface area contributed by atoms with Crippen LogP contribution in [0.3, 0.4) is 0 Å². The Hall–Kier alpha value is -4.50. The highest BCUT2D eigenvalue weighted by atomic mass is 35.5. The summed E-state index contributed by atoms with van der Waals surface area (Å²) < 4.78 is 22.3. The first-order valence-electron chi connectivity index (χ1n) is 12.3. The number of amides is 1. The maximum atomic E-state index is 15.1. The zero-order valence-corrected chi connectivity index (χ0v) is 23.3. The minimum absolute atomic E-state index is 0. The number of rotatable bonds is 8.